The highest BCUT2D eigenvalue weighted by Gasteiger charge is 3.23. The molecule has 4 fully saturated rings. The van der Waals surface area contributed by atoms with Gasteiger partial charge in [0.2, 0.25) is 0 Å². The van der Waals surface area contributed by atoms with E-state index in [0.29, 0.717) is 0 Å². The number of nitrogens with two attached hydrogens (primary N) is 1. The fourth-order valence-electron chi connectivity index (χ4n) is 4.26. The van der Waals surface area contributed by atoms with Gasteiger partial charge in [0.25, 0.3) is 5.60 Å². The highest BCUT2D eigenvalue weighted by atomic mass is 19.4. The summed E-state index contributed by atoms with van der Waals surface area (Å²) in [7, 11) is 0. The number of ether oxygens (including phenoxy) is 1. The maximum atomic E-state index is 14.6. The lowest BCUT2D eigenvalue weighted by atomic mass is 9.40. The monoisotopic (exact) mass is 537 g/mol. The molecular weight excluding hydrogens is 535 g/mol. The quantitative estimate of drug-likeness (QED) is 0.413. The average molecular weight is 537 g/mol. The Labute approximate surface area is 165 Å². The first-order valence-corrected chi connectivity index (χ1v) is 7.54. The molecule has 0 spiro atoms. The number of alkyl halides is 19. The van der Waals surface area contributed by atoms with Gasteiger partial charge >= 0.3 is 64.7 Å². The van der Waals surface area contributed by atoms with Gasteiger partial charge in [-0.25, -0.2) is 13.2 Å². The van der Waals surface area contributed by atoms with E-state index in [-0.39, 0.29) is 0 Å². The molecule has 0 radical (unpaired) electrons. The van der Waals surface area contributed by atoms with Crippen molar-refractivity contribution >= 4 is 0 Å². The van der Waals surface area contributed by atoms with Gasteiger partial charge in [-0.2, -0.15) is 70.2 Å². The molecule has 0 aromatic rings. The minimum Gasteiger partial charge on any atom is -0.288 e. The Bertz CT molecular complexity index is 790. The maximum absolute atomic E-state index is 14.6. The largest absolute Gasteiger partial charge is 0.435 e. The molecule has 0 amide bonds. The van der Waals surface area contributed by atoms with E-state index in [9.17, 15) is 83.4 Å². The Morgan fingerprint density at radius 1 is 0.424 bits per heavy atom. The third kappa shape index (κ3) is 1.69. The van der Waals surface area contributed by atoms with Crippen LogP contribution >= 0.6 is 0 Å². The van der Waals surface area contributed by atoms with Crippen molar-refractivity contribution in [3.05, 3.63) is 0 Å². The van der Waals surface area contributed by atoms with E-state index in [1.807, 2.05) is 0 Å². The third-order valence-electron chi connectivity index (χ3n) is 5.89. The first kappa shape index (κ1) is 26.2. The second-order valence-corrected chi connectivity index (χ2v) is 7.34. The van der Waals surface area contributed by atoms with Crippen LogP contribution in [0.2, 0.25) is 0 Å². The molecule has 0 heterocycles. The Morgan fingerprint density at radius 3 is 0.818 bits per heavy atom. The van der Waals surface area contributed by atoms with Gasteiger partial charge in [-0.15, -0.1) is 0 Å². The molecule has 33 heavy (non-hydrogen) atoms. The van der Waals surface area contributed by atoms with Crippen molar-refractivity contribution in [2.45, 2.75) is 70.3 Å². The standard InChI is InChI=1S/C12H2F19NO/c13-1-5(16,17)2(14)7(20,21)3(15,6(1,18)19)10(26,27)4(8(1,22)23,9(2,24)25)33-12(30,31)11(28,29)32/h32H2. The minimum atomic E-state index is -8.41. The Hall–Kier alpha value is -1.41. The van der Waals surface area contributed by atoms with Crippen LogP contribution in [0.25, 0.3) is 0 Å². The zero-order valence-corrected chi connectivity index (χ0v) is 14.2. The van der Waals surface area contributed by atoms with Crippen LogP contribution in [0.3, 0.4) is 0 Å². The molecule has 194 valence electrons. The van der Waals surface area contributed by atoms with Crippen molar-refractivity contribution in [3.8, 4) is 0 Å². The van der Waals surface area contributed by atoms with Crippen molar-refractivity contribution in [3.63, 3.8) is 0 Å². The normalized spacial score (nSPS) is 45.8. The summed E-state index contributed by atoms with van der Waals surface area (Å²) in [6, 6.07) is -6.73. The Morgan fingerprint density at radius 2 is 0.636 bits per heavy atom. The van der Waals surface area contributed by atoms with Gasteiger partial charge in [-0.05, 0) is 0 Å². The van der Waals surface area contributed by atoms with Crippen LogP contribution in [-0.2, 0) is 4.74 Å². The van der Waals surface area contributed by atoms with Gasteiger partial charge in [0.15, 0.2) is 0 Å². The highest BCUT2D eigenvalue weighted by molar-refractivity contribution is 5.54. The molecule has 4 rings (SSSR count). The molecule has 0 aliphatic heterocycles. The molecule has 0 atom stereocenters. The second-order valence-electron chi connectivity index (χ2n) is 7.34. The van der Waals surface area contributed by atoms with Crippen molar-refractivity contribution in [2.75, 3.05) is 0 Å². The van der Waals surface area contributed by atoms with E-state index in [1.54, 1.807) is 4.74 Å². The van der Waals surface area contributed by atoms with E-state index < -0.39 is 70.3 Å². The molecule has 0 saturated heterocycles. The van der Waals surface area contributed by atoms with Gasteiger partial charge in [0.1, 0.15) is 0 Å². The molecule has 0 unspecified atom stereocenters. The van der Waals surface area contributed by atoms with Gasteiger partial charge in [-0.1, -0.05) is 0 Å². The maximum Gasteiger partial charge on any atom is 0.435 e. The van der Waals surface area contributed by atoms with Crippen LogP contribution in [0.15, 0.2) is 0 Å². The summed E-state index contributed by atoms with van der Waals surface area (Å²) < 4.78 is 268. The SMILES string of the molecule is NC(F)(F)C(F)(F)OC12C(F)(F)C3(F)C(F)(F)C(F)(C(F)(F)C(F)(C3(F)F)C1(F)F)C2(F)F. The molecular formula is C12H2F19NO. The zero-order valence-electron chi connectivity index (χ0n) is 14.2. The Kier molecular flexibility index (Phi) is 4.15. The fraction of sp³-hybridized carbons (Fsp3) is 1.00. The summed E-state index contributed by atoms with van der Waals surface area (Å²) in [6.45, 7) is 0. The van der Waals surface area contributed by atoms with Crippen molar-refractivity contribution in [1.29, 1.82) is 0 Å². The van der Waals surface area contributed by atoms with Gasteiger partial charge < -0.3 is 0 Å². The molecule has 4 aliphatic carbocycles. The van der Waals surface area contributed by atoms with Crippen LogP contribution in [0.4, 0.5) is 83.4 Å². The van der Waals surface area contributed by atoms with Gasteiger partial charge in [0.05, 0.1) is 0 Å². The van der Waals surface area contributed by atoms with Crippen LogP contribution in [-0.4, -0.2) is 70.3 Å². The van der Waals surface area contributed by atoms with Crippen LogP contribution < -0.4 is 5.73 Å². The fourth-order valence-corrected chi connectivity index (χ4v) is 4.26. The smallest absolute Gasteiger partial charge is 0.288 e. The lowest BCUT2D eigenvalue weighted by molar-refractivity contribution is -0.633. The number of hydrogen-bond donors (Lipinski definition) is 1. The summed E-state index contributed by atoms with van der Waals surface area (Å²) in [6.07, 6.45) is -7.50. The van der Waals surface area contributed by atoms with Crippen LogP contribution in [0.5, 0.6) is 0 Å². The minimum absolute atomic E-state index is 1.75. The number of rotatable bonds is 3. The van der Waals surface area contributed by atoms with E-state index in [4.69, 9.17) is 0 Å². The van der Waals surface area contributed by atoms with Crippen LogP contribution in [0, 0.1) is 0 Å². The molecule has 4 bridgehead atoms. The molecule has 0 aromatic carbocycles. The summed E-state index contributed by atoms with van der Waals surface area (Å²) in [5.74, 6) is -50.0. The zero-order chi connectivity index (χ0) is 26.7. The van der Waals surface area contributed by atoms with E-state index in [1.165, 1.54) is 0 Å². The predicted molar refractivity (Wildman–Crippen MR) is 59.1 cm³/mol. The summed E-state index contributed by atoms with van der Waals surface area (Å²) in [4.78, 5) is 0. The topological polar surface area (TPSA) is 35.2 Å². The molecule has 4 saturated carbocycles. The molecule has 2 nitrogen and oxygen atoms in total. The van der Waals surface area contributed by atoms with Crippen molar-refractivity contribution in [1.82, 2.24) is 0 Å². The molecule has 2 N–H and O–H groups in total. The van der Waals surface area contributed by atoms with Gasteiger partial charge in [-0.3, -0.25) is 10.5 Å². The highest BCUT2D eigenvalue weighted by Crippen LogP contribution is 2.89. The van der Waals surface area contributed by atoms with E-state index in [0.717, 1.165) is 0 Å². The van der Waals surface area contributed by atoms with Crippen LogP contribution in [0.1, 0.15) is 0 Å². The predicted octanol–water partition coefficient (Wildman–Crippen LogP) is 4.86. The second kappa shape index (κ2) is 5.23. The first-order valence-electron chi connectivity index (χ1n) is 7.54. The summed E-state index contributed by atoms with van der Waals surface area (Å²) >= 11 is 0. The number of hydrogen-bond acceptors (Lipinski definition) is 2. The number of halogens is 19. The average Bonchev–Trinajstić information content (AvgIpc) is 2.58. The van der Waals surface area contributed by atoms with Crippen molar-refractivity contribution in [2.24, 2.45) is 5.73 Å². The molecule has 21 heteroatoms. The van der Waals surface area contributed by atoms with E-state index in [2.05, 4.69) is 5.73 Å². The first-order chi connectivity index (χ1) is 14.0. The third-order valence-corrected chi connectivity index (χ3v) is 5.89. The summed E-state index contributed by atoms with van der Waals surface area (Å²) in [5.41, 5.74) is -29.6. The lowest BCUT2D eigenvalue weighted by Crippen LogP contribution is -3.10. The van der Waals surface area contributed by atoms with E-state index >= 15 is 0 Å². The molecule has 0 aromatic heterocycles. The Balaban J connectivity index is 2.67. The van der Waals surface area contributed by atoms with Crippen molar-refractivity contribution < 1.29 is 88.2 Å². The lowest BCUT2D eigenvalue weighted by Gasteiger charge is -2.74. The molecule has 4 aliphatic rings. The van der Waals surface area contributed by atoms with Gasteiger partial charge in [0, 0.05) is 0 Å². The summed E-state index contributed by atoms with van der Waals surface area (Å²) in [5, 5.41) is 0.